The summed E-state index contributed by atoms with van der Waals surface area (Å²) in [6.45, 7) is 6.46. The van der Waals surface area contributed by atoms with Crippen LogP contribution in [0.25, 0.3) is 5.65 Å². The number of nitrogens with zero attached hydrogens (tertiary/aromatic N) is 3. The van der Waals surface area contributed by atoms with E-state index >= 15 is 0 Å². The Kier molecular flexibility index (Phi) is 3.90. The Labute approximate surface area is 152 Å². The Balaban J connectivity index is 1.57. The van der Waals surface area contributed by atoms with Gasteiger partial charge in [-0.1, -0.05) is 32.9 Å². The maximum atomic E-state index is 12.6. The lowest BCUT2D eigenvalue weighted by molar-refractivity contribution is 0.102. The molecule has 4 rings (SSSR count). The number of carbonyl (C=O) groups excluding carboxylic acids is 1. The lowest BCUT2D eigenvalue weighted by Crippen LogP contribution is -2.16. The number of benzene rings is 1. The van der Waals surface area contributed by atoms with Gasteiger partial charge in [0.2, 0.25) is 0 Å². The second-order valence-electron chi connectivity index (χ2n) is 7.83. The third-order valence-corrected chi connectivity index (χ3v) is 4.54. The molecule has 0 aliphatic heterocycles. The number of hydrogen-bond acceptors (Lipinski definition) is 4. The van der Waals surface area contributed by atoms with E-state index in [9.17, 15) is 4.79 Å². The molecule has 1 saturated carbocycles. The van der Waals surface area contributed by atoms with Crippen LogP contribution >= 0.6 is 0 Å². The molecule has 2 heterocycles. The van der Waals surface area contributed by atoms with Crippen molar-refractivity contribution in [1.82, 2.24) is 14.6 Å². The van der Waals surface area contributed by atoms with Gasteiger partial charge in [0.05, 0.1) is 6.20 Å². The van der Waals surface area contributed by atoms with Crippen LogP contribution in [0.5, 0.6) is 0 Å². The van der Waals surface area contributed by atoms with Crippen LogP contribution in [0.4, 0.5) is 11.6 Å². The van der Waals surface area contributed by atoms with E-state index in [1.165, 1.54) is 5.56 Å². The summed E-state index contributed by atoms with van der Waals surface area (Å²) in [7, 11) is 0. The monoisotopic (exact) mass is 349 g/mol. The van der Waals surface area contributed by atoms with E-state index in [4.69, 9.17) is 0 Å². The van der Waals surface area contributed by atoms with Crippen molar-refractivity contribution in [3.8, 4) is 0 Å². The molecule has 0 bridgehead atoms. The standard InChI is InChI=1S/C20H23N5O/c1-20(2,3)14-6-4-13(5-7-14)19(26)24-16-12-18(22-15-8-9-15)25-17(23-16)10-11-21-25/h4-7,10-12,15,22H,8-9H2,1-3H3,(H,23,24,26). The second-order valence-corrected chi connectivity index (χ2v) is 7.83. The van der Waals surface area contributed by atoms with Crippen LogP contribution in [-0.2, 0) is 5.41 Å². The minimum absolute atomic E-state index is 0.0625. The van der Waals surface area contributed by atoms with Gasteiger partial charge in [-0.05, 0) is 36.0 Å². The number of amides is 1. The fraction of sp³-hybridized carbons (Fsp3) is 0.350. The molecule has 2 aromatic heterocycles. The third-order valence-electron chi connectivity index (χ3n) is 4.54. The molecule has 26 heavy (non-hydrogen) atoms. The van der Waals surface area contributed by atoms with Gasteiger partial charge in [-0.3, -0.25) is 4.79 Å². The van der Waals surface area contributed by atoms with Gasteiger partial charge in [0.1, 0.15) is 11.6 Å². The van der Waals surface area contributed by atoms with Crippen LogP contribution in [0, 0.1) is 0 Å². The molecule has 0 spiro atoms. The summed E-state index contributed by atoms with van der Waals surface area (Å²) in [5.41, 5.74) is 2.58. The normalized spacial score (nSPS) is 14.4. The smallest absolute Gasteiger partial charge is 0.256 e. The Bertz CT molecular complexity index is 948. The first-order chi connectivity index (χ1) is 12.4. The van der Waals surface area contributed by atoms with Gasteiger partial charge >= 0.3 is 0 Å². The summed E-state index contributed by atoms with van der Waals surface area (Å²) in [5, 5.41) is 10.6. The predicted octanol–water partition coefficient (Wildman–Crippen LogP) is 3.85. The highest BCUT2D eigenvalue weighted by Gasteiger charge is 2.22. The highest BCUT2D eigenvalue weighted by atomic mass is 16.1. The average Bonchev–Trinajstić information content (AvgIpc) is 3.28. The highest BCUT2D eigenvalue weighted by molar-refractivity contribution is 6.04. The SMILES string of the molecule is CC(C)(C)c1ccc(C(=O)Nc2cc(NC3CC3)n3nccc3n2)cc1. The van der Waals surface area contributed by atoms with Crippen LogP contribution in [0.1, 0.15) is 49.5 Å². The second kappa shape index (κ2) is 6.12. The molecule has 0 atom stereocenters. The van der Waals surface area contributed by atoms with E-state index in [-0.39, 0.29) is 11.3 Å². The summed E-state index contributed by atoms with van der Waals surface area (Å²) in [6.07, 6.45) is 4.02. The van der Waals surface area contributed by atoms with Gasteiger partial charge in [-0.25, -0.2) is 4.98 Å². The fourth-order valence-electron chi connectivity index (χ4n) is 2.83. The molecule has 6 nitrogen and oxygen atoms in total. The van der Waals surface area contributed by atoms with Crippen molar-refractivity contribution < 1.29 is 4.79 Å². The molecule has 0 radical (unpaired) electrons. The zero-order valence-corrected chi connectivity index (χ0v) is 15.3. The third kappa shape index (κ3) is 3.40. The molecule has 0 saturated heterocycles. The Morgan fingerprint density at radius 3 is 2.54 bits per heavy atom. The number of nitrogens with one attached hydrogen (secondary N) is 2. The van der Waals surface area contributed by atoms with E-state index in [0.717, 1.165) is 18.7 Å². The first-order valence-corrected chi connectivity index (χ1v) is 8.93. The Hall–Kier alpha value is -2.89. The van der Waals surface area contributed by atoms with Crippen molar-refractivity contribution >= 4 is 23.2 Å². The fourth-order valence-corrected chi connectivity index (χ4v) is 2.83. The average molecular weight is 349 g/mol. The van der Waals surface area contributed by atoms with Crippen molar-refractivity contribution in [3.63, 3.8) is 0 Å². The van der Waals surface area contributed by atoms with Gasteiger partial charge in [0.25, 0.3) is 5.91 Å². The molecule has 2 N–H and O–H groups in total. The molecule has 1 fully saturated rings. The number of rotatable bonds is 4. The van der Waals surface area contributed by atoms with Crippen LogP contribution in [0.15, 0.2) is 42.6 Å². The summed E-state index contributed by atoms with van der Waals surface area (Å²) < 4.78 is 1.76. The number of hydrogen-bond donors (Lipinski definition) is 2. The molecule has 134 valence electrons. The molecule has 0 unspecified atom stereocenters. The minimum atomic E-state index is -0.167. The van der Waals surface area contributed by atoms with Crippen LogP contribution < -0.4 is 10.6 Å². The van der Waals surface area contributed by atoms with Crippen molar-refractivity contribution in [1.29, 1.82) is 0 Å². The summed E-state index contributed by atoms with van der Waals surface area (Å²) in [4.78, 5) is 17.1. The molecule has 6 heteroatoms. The van der Waals surface area contributed by atoms with E-state index in [1.54, 1.807) is 10.7 Å². The first-order valence-electron chi connectivity index (χ1n) is 8.93. The summed E-state index contributed by atoms with van der Waals surface area (Å²) >= 11 is 0. The number of fused-ring (bicyclic) bond motifs is 1. The molecule has 1 amide bonds. The number of aromatic nitrogens is 3. The van der Waals surface area contributed by atoms with Crippen LogP contribution in [-0.4, -0.2) is 26.5 Å². The highest BCUT2D eigenvalue weighted by Crippen LogP contribution is 2.26. The quantitative estimate of drug-likeness (QED) is 0.750. The van der Waals surface area contributed by atoms with Crippen LogP contribution in [0.2, 0.25) is 0 Å². The maximum absolute atomic E-state index is 12.6. The van der Waals surface area contributed by atoms with E-state index in [2.05, 4.69) is 41.5 Å². The molecule has 1 aliphatic rings. The number of carbonyl (C=O) groups is 1. The summed E-state index contributed by atoms with van der Waals surface area (Å²) in [6, 6.07) is 11.9. The zero-order chi connectivity index (χ0) is 18.3. The predicted molar refractivity (Wildman–Crippen MR) is 103 cm³/mol. The zero-order valence-electron chi connectivity index (χ0n) is 15.3. The molecular formula is C20H23N5O. The molecule has 1 aromatic carbocycles. The van der Waals surface area contributed by atoms with Crippen LogP contribution in [0.3, 0.4) is 0 Å². The van der Waals surface area contributed by atoms with E-state index < -0.39 is 0 Å². The van der Waals surface area contributed by atoms with Gasteiger partial charge in [-0.2, -0.15) is 9.61 Å². The Morgan fingerprint density at radius 2 is 1.88 bits per heavy atom. The van der Waals surface area contributed by atoms with Crippen molar-refractivity contribution in [2.75, 3.05) is 10.6 Å². The maximum Gasteiger partial charge on any atom is 0.256 e. The molecular weight excluding hydrogens is 326 g/mol. The molecule has 1 aliphatic carbocycles. The van der Waals surface area contributed by atoms with Crippen molar-refractivity contribution in [2.24, 2.45) is 0 Å². The van der Waals surface area contributed by atoms with E-state index in [0.29, 0.717) is 23.1 Å². The number of anilines is 2. The van der Waals surface area contributed by atoms with Gasteiger partial charge < -0.3 is 10.6 Å². The largest absolute Gasteiger partial charge is 0.367 e. The lowest BCUT2D eigenvalue weighted by Gasteiger charge is -2.19. The van der Waals surface area contributed by atoms with Crippen molar-refractivity contribution in [2.45, 2.75) is 45.1 Å². The topological polar surface area (TPSA) is 71.3 Å². The molecule has 3 aromatic rings. The lowest BCUT2D eigenvalue weighted by atomic mass is 9.87. The van der Waals surface area contributed by atoms with Crippen molar-refractivity contribution in [3.05, 3.63) is 53.7 Å². The minimum Gasteiger partial charge on any atom is -0.367 e. The first kappa shape index (κ1) is 16.6. The van der Waals surface area contributed by atoms with Gasteiger partial charge in [0.15, 0.2) is 5.65 Å². The van der Waals surface area contributed by atoms with Gasteiger partial charge in [-0.15, -0.1) is 0 Å². The van der Waals surface area contributed by atoms with Gasteiger partial charge in [0, 0.05) is 23.7 Å². The summed E-state index contributed by atoms with van der Waals surface area (Å²) in [5.74, 6) is 1.20. The van der Waals surface area contributed by atoms with E-state index in [1.807, 2.05) is 36.4 Å². The Morgan fingerprint density at radius 1 is 1.15 bits per heavy atom.